The summed E-state index contributed by atoms with van der Waals surface area (Å²) >= 11 is 0. The molecule has 2 N–H and O–H groups in total. The van der Waals surface area contributed by atoms with Gasteiger partial charge < -0.3 is 4.90 Å². The Labute approximate surface area is 133 Å². The van der Waals surface area contributed by atoms with Crippen LogP contribution in [0.25, 0.3) is 0 Å². The summed E-state index contributed by atoms with van der Waals surface area (Å²) < 4.78 is 14.2. The highest BCUT2D eigenvalue weighted by Crippen LogP contribution is 2.30. The molecule has 1 aromatic heterocycles. The van der Waals surface area contributed by atoms with Gasteiger partial charge in [-0.05, 0) is 30.4 Å². The summed E-state index contributed by atoms with van der Waals surface area (Å²) in [6.45, 7) is 1.43. The van der Waals surface area contributed by atoms with E-state index in [0.29, 0.717) is 5.92 Å². The number of hydrogen-bond donors (Lipinski definition) is 2. The Morgan fingerprint density at radius 2 is 1.96 bits per heavy atom. The summed E-state index contributed by atoms with van der Waals surface area (Å²) in [6.07, 6.45) is 3.14. The third-order valence-electron chi connectivity index (χ3n) is 4.25. The molecule has 0 spiro atoms. The van der Waals surface area contributed by atoms with Crippen LogP contribution in [0.5, 0.6) is 0 Å². The Kier molecular flexibility index (Phi) is 4.52. The van der Waals surface area contributed by atoms with Gasteiger partial charge in [0.25, 0.3) is 5.91 Å². The van der Waals surface area contributed by atoms with Crippen molar-refractivity contribution < 1.29 is 14.4 Å². The van der Waals surface area contributed by atoms with Crippen molar-refractivity contribution in [2.75, 3.05) is 18.0 Å². The van der Waals surface area contributed by atoms with E-state index in [-0.39, 0.29) is 11.4 Å². The molecule has 1 aliphatic heterocycles. The van der Waals surface area contributed by atoms with Crippen molar-refractivity contribution in [3.63, 3.8) is 0 Å². The van der Waals surface area contributed by atoms with Crippen LogP contribution < -0.4 is 10.4 Å². The van der Waals surface area contributed by atoms with Gasteiger partial charge in [0.05, 0.1) is 5.56 Å². The summed E-state index contributed by atoms with van der Waals surface area (Å²) in [6, 6.07) is 11.4. The van der Waals surface area contributed by atoms with Crippen LogP contribution in [0.15, 0.2) is 42.6 Å². The van der Waals surface area contributed by atoms with Gasteiger partial charge in [-0.1, -0.05) is 30.3 Å². The second-order valence-electron chi connectivity index (χ2n) is 5.64. The Balaban J connectivity index is 1.69. The van der Waals surface area contributed by atoms with Crippen molar-refractivity contribution in [3.8, 4) is 0 Å². The Hall–Kier alpha value is -2.47. The average molecular weight is 315 g/mol. The number of hydroxylamine groups is 1. The average Bonchev–Trinajstić information content (AvgIpc) is 2.62. The minimum Gasteiger partial charge on any atom is -0.354 e. The summed E-state index contributed by atoms with van der Waals surface area (Å²) in [4.78, 5) is 17.2. The van der Waals surface area contributed by atoms with Crippen LogP contribution in [0, 0.1) is 5.82 Å². The molecule has 5 nitrogen and oxygen atoms in total. The van der Waals surface area contributed by atoms with E-state index in [1.165, 1.54) is 17.2 Å². The first-order valence-corrected chi connectivity index (χ1v) is 7.59. The van der Waals surface area contributed by atoms with Crippen molar-refractivity contribution in [3.05, 3.63) is 59.5 Å². The maximum Gasteiger partial charge on any atom is 0.276 e. The molecule has 2 aromatic rings. The molecule has 1 saturated heterocycles. The van der Waals surface area contributed by atoms with Crippen LogP contribution in [-0.4, -0.2) is 29.2 Å². The molecule has 1 aliphatic rings. The normalized spacial score (nSPS) is 15.5. The molecule has 0 radical (unpaired) electrons. The van der Waals surface area contributed by atoms with Crippen molar-refractivity contribution in [1.82, 2.24) is 10.5 Å². The zero-order valence-corrected chi connectivity index (χ0v) is 12.6. The number of halogens is 1. The fraction of sp³-hybridized carbons (Fsp3) is 0.294. The van der Waals surface area contributed by atoms with Gasteiger partial charge >= 0.3 is 0 Å². The monoisotopic (exact) mass is 315 g/mol. The van der Waals surface area contributed by atoms with Crippen molar-refractivity contribution in [1.29, 1.82) is 0 Å². The molecule has 0 atom stereocenters. The molecule has 1 fully saturated rings. The standard InChI is InChI=1S/C17H18FN3O2/c18-15-10-14(17(22)20-23)11-19-16(15)21-8-6-13(7-9-21)12-4-2-1-3-5-12/h1-5,10-11,13,23H,6-9H2,(H,20,22). The number of nitrogens with one attached hydrogen (secondary N) is 1. The number of carbonyl (C=O) groups is 1. The molecule has 1 aromatic carbocycles. The summed E-state index contributed by atoms with van der Waals surface area (Å²) in [5.41, 5.74) is 2.78. The SMILES string of the molecule is O=C(NO)c1cnc(N2CCC(c3ccccc3)CC2)c(F)c1. The largest absolute Gasteiger partial charge is 0.354 e. The predicted molar refractivity (Wildman–Crippen MR) is 84.1 cm³/mol. The Morgan fingerprint density at radius 1 is 1.26 bits per heavy atom. The lowest BCUT2D eigenvalue weighted by atomic mass is 9.89. The second kappa shape index (κ2) is 6.75. The van der Waals surface area contributed by atoms with Crippen LogP contribution in [-0.2, 0) is 0 Å². The lowest BCUT2D eigenvalue weighted by Crippen LogP contribution is -2.34. The van der Waals surface area contributed by atoms with Crippen LogP contribution in [0.2, 0.25) is 0 Å². The lowest BCUT2D eigenvalue weighted by Gasteiger charge is -2.33. The highest BCUT2D eigenvalue weighted by molar-refractivity contribution is 5.93. The molecule has 1 amide bonds. The number of anilines is 1. The van der Waals surface area contributed by atoms with Crippen molar-refractivity contribution in [2.24, 2.45) is 0 Å². The third kappa shape index (κ3) is 3.32. The van der Waals surface area contributed by atoms with Crippen LogP contribution in [0.3, 0.4) is 0 Å². The van der Waals surface area contributed by atoms with Crippen LogP contribution in [0.4, 0.5) is 10.2 Å². The number of pyridine rings is 1. The number of piperidine rings is 1. The minimum absolute atomic E-state index is 0.00655. The van der Waals surface area contributed by atoms with Crippen LogP contribution >= 0.6 is 0 Å². The van der Waals surface area contributed by atoms with E-state index >= 15 is 0 Å². The topological polar surface area (TPSA) is 65.5 Å². The zero-order chi connectivity index (χ0) is 16.2. The van der Waals surface area contributed by atoms with Gasteiger partial charge in [0.2, 0.25) is 0 Å². The molecule has 0 unspecified atom stereocenters. The van der Waals surface area contributed by atoms with Gasteiger partial charge in [0, 0.05) is 19.3 Å². The Bertz CT molecular complexity index is 685. The molecule has 3 rings (SSSR count). The quantitative estimate of drug-likeness (QED) is 0.675. The lowest BCUT2D eigenvalue weighted by molar-refractivity contribution is 0.0705. The fourth-order valence-electron chi connectivity index (χ4n) is 3.00. The molecular formula is C17H18FN3O2. The first-order valence-electron chi connectivity index (χ1n) is 7.59. The molecule has 0 aliphatic carbocycles. The number of amides is 1. The molecule has 0 saturated carbocycles. The Morgan fingerprint density at radius 3 is 2.57 bits per heavy atom. The highest BCUT2D eigenvalue weighted by Gasteiger charge is 2.23. The van der Waals surface area contributed by atoms with E-state index in [9.17, 15) is 9.18 Å². The molecular weight excluding hydrogens is 297 g/mol. The predicted octanol–water partition coefficient (Wildman–Crippen LogP) is 2.72. The fourth-order valence-corrected chi connectivity index (χ4v) is 3.00. The number of carbonyl (C=O) groups excluding carboxylic acids is 1. The number of aromatic nitrogens is 1. The maximum atomic E-state index is 14.2. The molecule has 23 heavy (non-hydrogen) atoms. The van der Waals surface area contributed by atoms with E-state index < -0.39 is 11.7 Å². The first-order chi connectivity index (χ1) is 11.2. The van der Waals surface area contributed by atoms with E-state index in [1.807, 2.05) is 23.1 Å². The van der Waals surface area contributed by atoms with E-state index in [2.05, 4.69) is 17.1 Å². The minimum atomic E-state index is -0.772. The maximum absolute atomic E-state index is 14.2. The molecule has 0 bridgehead atoms. The summed E-state index contributed by atoms with van der Waals surface area (Å²) in [7, 11) is 0. The van der Waals surface area contributed by atoms with Crippen LogP contribution in [0.1, 0.15) is 34.7 Å². The number of hydrogen-bond acceptors (Lipinski definition) is 4. The number of nitrogens with zero attached hydrogens (tertiary/aromatic N) is 2. The van der Waals surface area contributed by atoms with Crippen molar-refractivity contribution in [2.45, 2.75) is 18.8 Å². The highest BCUT2D eigenvalue weighted by atomic mass is 19.1. The third-order valence-corrected chi connectivity index (χ3v) is 4.25. The summed E-state index contributed by atoms with van der Waals surface area (Å²) in [5.74, 6) is -0.587. The molecule has 120 valence electrons. The zero-order valence-electron chi connectivity index (χ0n) is 12.6. The second-order valence-corrected chi connectivity index (χ2v) is 5.64. The smallest absolute Gasteiger partial charge is 0.276 e. The van der Waals surface area contributed by atoms with Gasteiger partial charge in [-0.15, -0.1) is 0 Å². The van der Waals surface area contributed by atoms with Gasteiger partial charge in [-0.2, -0.15) is 0 Å². The van der Waals surface area contributed by atoms with Crippen molar-refractivity contribution >= 4 is 11.7 Å². The van der Waals surface area contributed by atoms with E-state index in [1.54, 1.807) is 0 Å². The first kappa shape index (κ1) is 15.4. The van der Waals surface area contributed by atoms with Gasteiger partial charge in [0.1, 0.15) is 0 Å². The molecule has 2 heterocycles. The van der Waals surface area contributed by atoms with E-state index in [4.69, 9.17) is 5.21 Å². The molecule has 6 heteroatoms. The van der Waals surface area contributed by atoms with Gasteiger partial charge in [-0.3, -0.25) is 10.0 Å². The summed E-state index contributed by atoms with van der Waals surface area (Å²) in [5, 5.41) is 8.57. The number of benzene rings is 1. The van der Waals surface area contributed by atoms with Gasteiger partial charge in [-0.25, -0.2) is 14.9 Å². The number of rotatable bonds is 3. The van der Waals surface area contributed by atoms with Gasteiger partial charge in [0.15, 0.2) is 11.6 Å². The van der Waals surface area contributed by atoms with E-state index in [0.717, 1.165) is 32.0 Å².